The lowest BCUT2D eigenvalue weighted by molar-refractivity contribution is 0.0649. The number of Topliss-reactive ketones (excluding diaryl/α,β-unsaturated/α-hetero) is 1. The number of ketones is 1. The third-order valence-electron chi connectivity index (χ3n) is 3.32. The number of rotatable bonds is 5. The molecule has 0 radical (unpaired) electrons. The first-order valence-corrected chi connectivity index (χ1v) is 6.57. The quantitative estimate of drug-likeness (QED) is 0.339. The second-order valence-corrected chi connectivity index (χ2v) is 4.67. The average Bonchev–Trinajstić information content (AvgIpc) is 3.33. The molecule has 1 unspecified atom stereocenters. The Morgan fingerprint density at radius 2 is 1.91 bits per heavy atom. The molecule has 0 aromatic heterocycles. The van der Waals surface area contributed by atoms with E-state index in [0.29, 0.717) is 17.1 Å². The number of benzene rings is 2. The highest BCUT2D eigenvalue weighted by Gasteiger charge is 2.35. The summed E-state index contributed by atoms with van der Waals surface area (Å²) < 4.78 is 9.87. The van der Waals surface area contributed by atoms with Crippen molar-refractivity contribution in [2.24, 2.45) is 0 Å². The third kappa shape index (κ3) is 2.38. The van der Waals surface area contributed by atoms with E-state index in [4.69, 9.17) is 9.47 Å². The van der Waals surface area contributed by atoms with E-state index in [-0.39, 0.29) is 11.1 Å². The molecule has 0 aliphatic carbocycles. The number of carbonyl (C=O) groups excluding carboxylic acids is 2. The maximum absolute atomic E-state index is 12.5. The Bertz CT molecular complexity index is 764. The largest absolute Gasteiger partial charge is 0.449 e. The van der Waals surface area contributed by atoms with Gasteiger partial charge < -0.3 is 14.6 Å². The lowest BCUT2D eigenvalue weighted by Crippen LogP contribution is -2.16. The SMILES string of the molecule is C=COC(=O)c1c(C(=O)C(O)c2ccccc2)ccc2c1O2. The summed E-state index contributed by atoms with van der Waals surface area (Å²) in [6, 6.07) is 11.5. The molecule has 1 aliphatic rings. The molecule has 0 amide bonds. The van der Waals surface area contributed by atoms with Crippen LogP contribution in [-0.2, 0) is 4.74 Å². The number of carbonyl (C=O) groups is 2. The molecule has 2 aromatic rings. The molecule has 5 heteroatoms. The Kier molecular flexibility index (Phi) is 3.48. The van der Waals surface area contributed by atoms with Gasteiger partial charge in [0.25, 0.3) is 0 Å². The number of esters is 1. The van der Waals surface area contributed by atoms with E-state index in [1.807, 2.05) is 0 Å². The fraction of sp³-hybridized carbons (Fsp3) is 0.0588. The Morgan fingerprint density at radius 1 is 1.18 bits per heavy atom. The molecular weight excluding hydrogens is 284 g/mol. The first-order chi connectivity index (χ1) is 10.6. The number of aliphatic hydroxyl groups is 1. The molecular formula is C17H12O5. The van der Waals surface area contributed by atoms with E-state index < -0.39 is 17.9 Å². The van der Waals surface area contributed by atoms with E-state index in [2.05, 4.69) is 6.58 Å². The summed E-state index contributed by atoms with van der Waals surface area (Å²) in [7, 11) is 0. The van der Waals surface area contributed by atoms with Crippen LogP contribution in [0.5, 0.6) is 11.5 Å². The second kappa shape index (κ2) is 5.46. The van der Waals surface area contributed by atoms with Crippen LogP contribution in [0.1, 0.15) is 32.4 Å². The Morgan fingerprint density at radius 3 is 2.59 bits per heavy atom. The van der Waals surface area contributed by atoms with Crippen molar-refractivity contribution in [3.05, 3.63) is 72.0 Å². The van der Waals surface area contributed by atoms with Gasteiger partial charge in [-0.05, 0) is 17.7 Å². The standard InChI is InChI=1S/C17H12O5/c1-2-21-17(20)13-11(8-9-12-16(13)22-12)15(19)14(18)10-6-4-3-5-7-10/h2-9,14,18H,1H2. The molecule has 22 heavy (non-hydrogen) atoms. The topological polar surface area (TPSA) is 76.1 Å². The van der Waals surface area contributed by atoms with Crippen LogP contribution in [-0.4, -0.2) is 16.9 Å². The second-order valence-electron chi connectivity index (χ2n) is 4.67. The van der Waals surface area contributed by atoms with E-state index in [1.165, 1.54) is 6.07 Å². The summed E-state index contributed by atoms with van der Waals surface area (Å²) in [6.45, 7) is 3.31. The van der Waals surface area contributed by atoms with Crippen molar-refractivity contribution in [1.29, 1.82) is 0 Å². The summed E-state index contributed by atoms with van der Waals surface area (Å²) in [5.74, 6) is -0.520. The summed E-state index contributed by atoms with van der Waals surface area (Å²) in [5, 5.41) is 10.2. The fourth-order valence-electron chi connectivity index (χ4n) is 2.21. The van der Waals surface area contributed by atoms with Crippen molar-refractivity contribution in [2.75, 3.05) is 0 Å². The van der Waals surface area contributed by atoms with Crippen molar-refractivity contribution in [3.8, 4) is 11.5 Å². The first kappa shape index (κ1) is 14.0. The molecule has 1 heterocycles. The minimum atomic E-state index is -1.37. The van der Waals surface area contributed by atoms with Gasteiger partial charge in [-0.3, -0.25) is 4.79 Å². The number of hydrogen-bond acceptors (Lipinski definition) is 5. The highest BCUT2D eigenvalue weighted by molar-refractivity contribution is 6.11. The number of fused-ring (bicyclic) bond motifs is 1. The molecule has 0 spiro atoms. The highest BCUT2D eigenvalue weighted by Crippen LogP contribution is 2.50. The molecule has 1 atom stereocenters. The van der Waals surface area contributed by atoms with Crippen LogP contribution >= 0.6 is 0 Å². The normalized spacial score (nSPS) is 12.6. The van der Waals surface area contributed by atoms with E-state index in [0.717, 1.165) is 6.26 Å². The zero-order valence-electron chi connectivity index (χ0n) is 11.5. The van der Waals surface area contributed by atoms with Gasteiger partial charge in [0.05, 0.1) is 6.26 Å². The molecule has 0 bridgehead atoms. The van der Waals surface area contributed by atoms with Crippen LogP contribution in [0.2, 0.25) is 0 Å². The molecule has 2 aromatic carbocycles. The Balaban J connectivity index is 1.99. The van der Waals surface area contributed by atoms with Crippen molar-refractivity contribution in [2.45, 2.75) is 6.10 Å². The first-order valence-electron chi connectivity index (χ1n) is 6.57. The zero-order valence-corrected chi connectivity index (χ0v) is 11.5. The van der Waals surface area contributed by atoms with Gasteiger partial charge in [0.2, 0.25) is 0 Å². The van der Waals surface area contributed by atoms with Crippen LogP contribution in [0.3, 0.4) is 0 Å². The summed E-state index contributed by atoms with van der Waals surface area (Å²) >= 11 is 0. The van der Waals surface area contributed by atoms with E-state index >= 15 is 0 Å². The number of hydrogen-bond donors (Lipinski definition) is 1. The van der Waals surface area contributed by atoms with Crippen molar-refractivity contribution >= 4 is 11.8 Å². The van der Waals surface area contributed by atoms with Crippen LogP contribution < -0.4 is 4.74 Å². The minimum Gasteiger partial charge on any atom is -0.449 e. The van der Waals surface area contributed by atoms with Crippen LogP contribution in [0.25, 0.3) is 0 Å². The van der Waals surface area contributed by atoms with E-state index in [1.54, 1.807) is 36.4 Å². The zero-order chi connectivity index (χ0) is 15.7. The minimum absolute atomic E-state index is 0.0115. The van der Waals surface area contributed by atoms with Gasteiger partial charge in [-0.15, -0.1) is 0 Å². The molecule has 110 valence electrons. The average molecular weight is 296 g/mol. The molecule has 1 aliphatic heterocycles. The molecule has 3 rings (SSSR count). The van der Waals surface area contributed by atoms with E-state index in [9.17, 15) is 14.7 Å². The summed E-state index contributed by atoms with van der Waals surface area (Å²) in [4.78, 5) is 24.5. The summed E-state index contributed by atoms with van der Waals surface area (Å²) in [5.41, 5.74) is 0.512. The number of aliphatic hydroxyl groups excluding tert-OH is 1. The Labute approximate surface area is 126 Å². The van der Waals surface area contributed by atoms with Crippen molar-refractivity contribution in [3.63, 3.8) is 0 Å². The monoisotopic (exact) mass is 296 g/mol. The predicted molar refractivity (Wildman–Crippen MR) is 77.9 cm³/mol. The smallest absolute Gasteiger partial charge is 0.347 e. The Hall–Kier alpha value is -2.92. The van der Waals surface area contributed by atoms with Crippen LogP contribution in [0.4, 0.5) is 0 Å². The van der Waals surface area contributed by atoms with Gasteiger partial charge in [-0.2, -0.15) is 0 Å². The van der Waals surface area contributed by atoms with Crippen LogP contribution in [0, 0.1) is 0 Å². The van der Waals surface area contributed by atoms with Gasteiger partial charge in [-0.25, -0.2) is 4.79 Å². The van der Waals surface area contributed by atoms with Gasteiger partial charge in [0, 0.05) is 5.56 Å². The van der Waals surface area contributed by atoms with Crippen molar-refractivity contribution < 1.29 is 24.2 Å². The van der Waals surface area contributed by atoms with Gasteiger partial charge in [0.15, 0.2) is 17.3 Å². The van der Waals surface area contributed by atoms with Crippen molar-refractivity contribution in [1.82, 2.24) is 0 Å². The van der Waals surface area contributed by atoms with Gasteiger partial charge >= 0.3 is 5.97 Å². The third-order valence-corrected chi connectivity index (χ3v) is 3.32. The molecule has 0 saturated heterocycles. The molecule has 0 saturated carbocycles. The maximum atomic E-state index is 12.5. The molecule has 0 fully saturated rings. The number of ether oxygens (including phenoxy) is 2. The molecule has 1 N–H and O–H groups in total. The maximum Gasteiger partial charge on any atom is 0.347 e. The van der Waals surface area contributed by atoms with Gasteiger partial charge in [-0.1, -0.05) is 36.9 Å². The lowest BCUT2D eigenvalue weighted by Gasteiger charge is -2.11. The molecule has 5 nitrogen and oxygen atoms in total. The fourth-order valence-corrected chi connectivity index (χ4v) is 2.21. The predicted octanol–water partition coefficient (Wildman–Crippen LogP) is 3.01. The lowest BCUT2D eigenvalue weighted by atomic mass is 9.96. The summed E-state index contributed by atoms with van der Waals surface area (Å²) in [6.07, 6.45) is -0.389. The van der Waals surface area contributed by atoms with Crippen LogP contribution in [0.15, 0.2) is 55.3 Å². The highest BCUT2D eigenvalue weighted by atomic mass is 16.6. The van der Waals surface area contributed by atoms with Gasteiger partial charge in [0.1, 0.15) is 11.7 Å².